The van der Waals surface area contributed by atoms with Gasteiger partial charge in [-0.2, -0.15) is 0 Å². The van der Waals surface area contributed by atoms with Crippen LogP contribution in [0.4, 0.5) is 8.78 Å². The molecule has 3 rings (SSSR count). The molecule has 0 aromatic heterocycles. The first-order valence-corrected chi connectivity index (χ1v) is 39.7. The molecular weight excluding hydrogens is 1360 g/mol. The second-order valence-electron chi connectivity index (χ2n) is 35.9. The number of aliphatic hydroxyl groups excluding tert-OH is 6. The average Bonchev–Trinajstić information content (AvgIpc) is 1.39. The second kappa shape index (κ2) is 53.2. The monoisotopic (exact) mass is 1530 g/mol. The number of hydrogen-bond donors (Lipinski definition) is 18. The van der Waals surface area contributed by atoms with Crippen molar-refractivity contribution in [2.45, 2.75) is 466 Å². The Hall–Kier alpha value is -3.80. The van der Waals surface area contributed by atoms with E-state index in [0.717, 1.165) is 109 Å². The van der Waals surface area contributed by atoms with Crippen molar-refractivity contribution in [2.75, 3.05) is 7.05 Å². The highest BCUT2D eigenvalue weighted by Crippen LogP contribution is 2.23. The van der Waals surface area contributed by atoms with E-state index < -0.39 is 67.0 Å². The molecule has 0 heterocycles. The Kier molecular flexibility index (Phi) is 54.5. The van der Waals surface area contributed by atoms with Crippen LogP contribution >= 0.6 is 0 Å². The quantitative estimate of drug-likeness (QED) is 0.0276. The lowest BCUT2D eigenvalue weighted by atomic mass is 9.92. The largest absolute Gasteiger partial charge is 0.382 e. The van der Waals surface area contributed by atoms with Crippen LogP contribution in [-0.2, 0) is 28.8 Å². The number of halogens is 2. The number of rotatable bonds is 37. The number of carbonyl (C=O) groups is 6. The van der Waals surface area contributed by atoms with Crippen molar-refractivity contribution in [1.82, 2.24) is 63.8 Å². The van der Waals surface area contributed by atoms with Gasteiger partial charge < -0.3 is 94.4 Å². The first-order valence-electron chi connectivity index (χ1n) is 39.7. The van der Waals surface area contributed by atoms with E-state index in [2.05, 4.69) is 91.5 Å². The van der Waals surface area contributed by atoms with Crippen LogP contribution in [0.15, 0.2) is 0 Å². The first kappa shape index (κ1) is 109. The third-order valence-electron chi connectivity index (χ3n) is 17.0. The van der Waals surface area contributed by atoms with Crippen molar-refractivity contribution in [3.05, 3.63) is 0 Å². The number of carbonyl (C=O) groups excluding carboxylic acids is 6. The van der Waals surface area contributed by atoms with Gasteiger partial charge in [-0.25, -0.2) is 8.78 Å². The van der Waals surface area contributed by atoms with Gasteiger partial charge in [0.2, 0.25) is 12.3 Å². The van der Waals surface area contributed by atoms with Gasteiger partial charge in [0.05, 0.1) is 0 Å². The molecule has 0 aromatic rings. The van der Waals surface area contributed by atoms with Crippen LogP contribution < -0.4 is 63.8 Å². The van der Waals surface area contributed by atoms with Gasteiger partial charge in [0.1, 0.15) is 36.6 Å². The van der Waals surface area contributed by atoms with E-state index >= 15 is 0 Å². The maximum Gasteiger partial charge on any atom is 0.250 e. The zero-order valence-corrected chi connectivity index (χ0v) is 71.3. The van der Waals surface area contributed by atoms with Crippen molar-refractivity contribution in [1.29, 1.82) is 0 Å². The third-order valence-corrected chi connectivity index (χ3v) is 17.0. The highest BCUT2D eigenvalue weighted by atomic mass is 19.3. The Morgan fingerprint density at radius 1 is 0.358 bits per heavy atom. The number of aliphatic hydroxyl groups is 6. The summed E-state index contributed by atoms with van der Waals surface area (Å²) in [5.74, 6) is -1.56. The summed E-state index contributed by atoms with van der Waals surface area (Å²) < 4.78 is 25.0. The minimum absolute atomic E-state index is 0. The minimum Gasteiger partial charge on any atom is -0.382 e. The summed E-state index contributed by atoms with van der Waals surface area (Å²) in [6, 6.07) is -1.01. The lowest BCUT2D eigenvalue weighted by Crippen LogP contribution is -2.56. The van der Waals surface area contributed by atoms with Crippen molar-refractivity contribution in [3.8, 4) is 0 Å². The Labute approximate surface area is 643 Å². The van der Waals surface area contributed by atoms with Gasteiger partial charge in [-0.05, 0) is 228 Å². The molecule has 26 heteroatoms. The van der Waals surface area contributed by atoms with Crippen LogP contribution in [0.25, 0.3) is 0 Å². The predicted octanol–water partition coefficient (Wildman–Crippen LogP) is 8.96. The van der Waals surface area contributed by atoms with Crippen LogP contribution in [0.3, 0.4) is 0 Å². The summed E-state index contributed by atoms with van der Waals surface area (Å²) >= 11 is 0. The Balaban J connectivity index is -0.000000589. The molecule has 14 unspecified atom stereocenters. The van der Waals surface area contributed by atoms with Crippen LogP contribution in [-0.4, -0.2) is 216 Å². The molecule has 3 aliphatic rings. The molecule has 3 fully saturated rings. The topological polar surface area (TPSA) is 368 Å². The van der Waals surface area contributed by atoms with Crippen LogP contribution in [0.5, 0.6) is 0 Å². The summed E-state index contributed by atoms with van der Waals surface area (Å²) in [4.78, 5) is 70.7. The molecule has 24 nitrogen and oxygen atoms in total. The molecule has 632 valence electrons. The molecule has 18 N–H and O–H groups in total. The number of hydrogen-bond acceptors (Lipinski definition) is 18. The Bertz CT molecular complexity index is 2320. The van der Waals surface area contributed by atoms with Crippen molar-refractivity contribution in [3.63, 3.8) is 0 Å². The smallest absolute Gasteiger partial charge is 0.250 e. The number of nitrogens with one attached hydrogen (secondary N) is 12. The molecule has 0 spiro atoms. The fraction of sp³-hybridized carbons (Fsp3) is 0.925. The molecule has 3 saturated carbocycles. The molecule has 6 amide bonds. The van der Waals surface area contributed by atoms with E-state index in [0.29, 0.717) is 12.0 Å². The highest BCUT2D eigenvalue weighted by molar-refractivity contribution is 5.84. The van der Waals surface area contributed by atoms with E-state index in [-0.39, 0.29) is 119 Å². The highest BCUT2D eigenvalue weighted by Gasteiger charge is 2.37. The zero-order valence-electron chi connectivity index (χ0n) is 71.3. The molecule has 3 aliphatic carbocycles. The van der Waals surface area contributed by atoms with Gasteiger partial charge >= 0.3 is 0 Å². The fourth-order valence-corrected chi connectivity index (χ4v) is 10.9. The number of alkyl halides is 2. The van der Waals surface area contributed by atoms with E-state index in [9.17, 15) is 68.2 Å². The molecule has 0 aliphatic heterocycles. The minimum atomic E-state index is -2.56. The summed E-state index contributed by atoms with van der Waals surface area (Å²) in [5, 5.41) is 96.2. The Morgan fingerprint density at radius 3 is 0.783 bits per heavy atom. The first-order chi connectivity index (χ1) is 48.0. The SMILES string of the molecule is C.CC(C)(C)NC(CC(F)F)C(O)C(=O)NC1CC1.CCCC(NC(C)(C)C)C(O)C(=O)NC.CCCC(NC(C)(C)C)C(O)C(=O)NC(C)C(C)C.CCCC(NC(C)(C)C)C(O)C(=O)NC(C)CC.CCCC(NC(C)(C)C)C(O)C(=O)NC1CC1.CCCC(NC(C)(C)C)C(O)C(=O)NC1CCC1. The summed E-state index contributed by atoms with van der Waals surface area (Å²) in [6.07, 6.45) is 7.23. The normalized spacial score (nSPS) is 18.1. The summed E-state index contributed by atoms with van der Waals surface area (Å²) in [5.41, 5.74) is -0.976. The van der Waals surface area contributed by atoms with Gasteiger partial charge in [0, 0.05) is 113 Å². The second-order valence-corrected chi connectivity index (χ2v) is 35.9. The zero-order chi connectivity index (χ0) is 82.4. The standard InChI is InChI=1S/C15H32N2O2.C14H28N2O2.C14H30N2O2.C13H26N2O2.C12H22F2N2O2.C11H24N2O2.CH4/c1-8-9-12(17-15(5,6)7)13(18)14(19)16-11(4)10(2)3;1-5-7-11(16-14(2,3)4)12(17)13(18)15-10-8-6-9-10;1-7-9-11(16-14(4,5)6)12(17)13(18)15-10(3)8-2;1-5-6-10(15-13(2,3)4)11(16)12(17)14-9-7-8-9;1-12(2,3)16-8(6-9(13)14)10(17)11(18)15-7-4-5-7;1-6-7-8(13-11(2,3)4)9(14)10(15)12-5;/h10-13,17-18H,8-9H2,1-7H3,(H,16,19);10-12,16-17H,5-9H2,1-4H3,(H,15,18);10-12,16-17H,7-9H2,1-6H3,(H,15,18);9-11,15-16H,5-8H2,1-4H3,(H,14,17);7-10,16-17H,4-6H2,1-3H3,(H,15,18);8-9,13-14H,6-7H2,1-5H3,(H,12,15);1H4. The van der Waals surface area contributed by atoms with Crippen molar-refractivity contribution < 1.29 is 68.2 Å². The van der Waals surface area contributed by atoms with Crippen LogP contribution in [0.1, 0.15) is 323 Å². The van der Waals surface area contributed by atoms with E-state index in [1.54, 1.807) is 20.8 Å². The molecule has 0 radical (unpaired) electrons. The predicted molar refractivity (Wildman–Crippen MR) is 431 cm³/mol. The number of likely N-dealkylation sites (N-methyl/N-ethyl adjacent to an activating group) is 1. The fourth-order valence-electron chi connectivity index (χ4n) is 10.9. The molecule has 0 saturated heterocycles. The molecule has 106 heavy (non-hydrogen) atoms. The molecule has 14 atom stereocenters. The van der Waals surface area contributed by atoms with Gasteiger partial charge in [-0.3, -0.25) is 28.8 Å². The lowest BCUT2D eigenvalue weighted by Gasteiger charge is -2.33. The van der Waals surface area contributed by atoms with E-state index in [1.165, 1.54) is 13.5 Å². The van der Waals surface area contributed by atoms with Gasteiger partial charge in [0.15, 0.2) is 0 Å². The summed E-state index contributed by atoms with van der Waals surface area (Å²) in [7, 11) is 1.53. The van der Waals surface area contributed by atoms with Gasteiger partial charge in [-0.15, -0.1) is 0 Å². The maximum atomic E-state index is 12.5. The molecule has 0 aromatic carbocycles. The summed E-state index contributed by atoms with van der Waals surface area (Å²) in [6.45, 7) is 56.2. The van der Waals surface area contributed by atoms with Gasteiger partial charge in [0.25, 0.3) is 29.5 Å². The lowest BCUT2D eigenvalue weighted by molar-refractivity contribution is -0.133. The Morgan fingerprint density at radius 2 is 0.585 bits per heavy atom. The van der Waals surface area contributed by atoms with Crippen LogP contribution in [0, 0.1) is 5.92 Å². The number of amides is 6. The van der Waals surface area contributed by atoms with E-state index in [4.69, 9.17) is 0 Å². The van der Waals surface area contributed by atoms with Gasteiger partial charge in [-0.1, -0.05) is 94.9 Å². The van der Waals surface area contributed by atoms with Crippen molar-refractivity contribution >= 4 is 35.4 Å². The average molecular weight is 1530 g/mol. The molecule has 0 bridgehead atoms. The maximum absolute atomic E-state index is 12.5. The molecular formula is C80H166F2N12O12. The van der Waals surface area contributed by atoms with Crippen molar-refractivity contribution in [2.24, 2.45) is 5.92 Å². The van der Waals surface area contributed by atoms with E-state index in [1.807, 2.05) is 145 Å². The third kappa shape index (κ3) is 55.6. The van der Waals surface area contributed by atoms with Crippen LogP contribution in [0.2, 0.25) is 0 Å².